The summed E-state index contributed by atoms with van der Waals surface area (Å²) in [5.41, 5.74) is 5.97. The number of halogens is 1. The summed E-state index contributed by atoms with van der Waals surface area (Å²) in [5, 5.41) is 3.07. The van der Waals surface area contributed by atoms with Gasteiger partial charge in [-0.3, -0.25) is 4.79 Å². The van der Waals surface area contributed by atoms with Gasteiger partial charge >= 0.3 is 0 Å². The van der Waals surface area contributed by atoms with Crippen LogP contribution in [0.15, 0.2) is 18.2 Å². The number of primary amides is 1. The van der Waals surface area contributed by atoms with E-state index in [4.69, 9.17) is 5.73 Å². The van der Waals surface area contributed by atoms with Gasteiger partial charge in [0.05, 0.1) is 0 Å². The molecule has 0 spiro atoms. The zero-order valence-electron chi connectivity index (χ0n) is 11.4. The lowest BCUT2D eigenvalue weighted by molar-refractivity contribution is -0.123. The monoisotopic (exact) mass is 252 g/mol. The fourth-order valence-electron chi connectivity index (χ4n) is 1.94. The molecule has 0 aliphatic rings. The lowest BCUT2D eigenvalue weighted by atomic mass is 9.84. The van der Waals surface area contributed by atoms with Gasteiger partial charge in [-0.2, -0.15) is 0 Å². The largest absolute Gasteiger partial charge is 0.371 e. The molecule has 0 aliphatic heterocycles. The number of carbonyl (C=O) groups is 1. The summed E-state index contributed by atoms with van der Waals surface area (Å²) >= 11 is 0. The molecule has 0 fully saturated rings. The molecule has 0 saturated heterocycles. The van der Waals surface area contributed by atoms with Crippen LogP contribution in [-0.2, 0) is 4.79 Å². The molecule has 0 aromatic heterocycles. The second-order valence-corrected chi connectivity index (χ2v) is 5.02. The number of carbonyl (C=O) groups excluding carboxylic acids is 1. The van der Waals surface area contributed by atoms with Gasteiger partial charge in [0.1, 0.15) is 11.4 Å². The maximum Gasteiger partial charge on any atom is 0.243 e. The standard InChI is InChI=1S/C14H21FN2O/c1-5-10(3)14(4,13(16)18)17-12-7-9(2)6-11(15)8-12/h6-8,10,17H,5H2,1-4H3,(H2,16,18). The summed E-state index contributed by atoms with van der Waals surface area (Å²) in [7, 11) is 0. The first-order chi connectivity index (χ1) is 8.29. The lowest BCUT2D eigenvalue weighted by Gasteiger charge is -2.34. The fraction of sp³-hybridized carbons (Fsp3) is 0.500. The average molecular weight is 252 g/mol. The number of aryl methyl sites for hydroxylation is 1. The molecule has 1 aromatic rings. The Kier molecular flexibility index (Phi) is 4.33. The van der Waals surface area contributed by atoms with Crippen molar-refractivity contribution in [3.8, 4) is 0 Å². The Balaban J connectivity index is 3.07. The molecule has 0 saturated carbocycles. The molecule has 3 nitrogen and oxygen atoms in total. The van der Waals surface area contributed by atoms with Crippen molar-refractivity contribution >= 4 is 11.6 Å². The third kappa shape index (κ3) is 3.00. The van der Waals surface area contributed by atoms with Crippen LogP contribution in [0.25, 0.3) is 0 Å². The van der Waals surface area contributed by atoms with Crippen LogP contribution in [0.5, 0.6) is 0 Å². The SMILES string of the molecule is CCC(C)C(C)(Nc1cc(C)cc(F)c1)C(N)=O. The molecular formula is C14H21FN2O. The Labute approximate surface area is 108 Å². The smallest absolute Gasteiger partial charge is 0.243 e. The van der Waals surface area contributed by atoms with Crippen LogP contribution in [0.4, 0.5) is 10.1 Å². The van der Waals surface area contributed by atoms with Gasteiger partial charge < -0.3 is 11.1 Å². The second kappa shape index (κ2) is 5.38. The average Bonchev–Trinajstić information content (AvgIpc) is 2.25. The van der Waals surface area contributed by atoms with E-state index in [0.717, 1.165) is 12.0 Å². The van der Waals surface area contributed by atoms with Crippen molar-refractivity contribution in [2.45, 2.75) is 39.7 Å². The zero-order valence-corrected chi connectivity index (χ0v) is 11.4. The molecule has 3 N–H and O–H groups in total. The van der Waals surface area contributed by atoms with Crippen molar-refractivity contribution < 1.29 is 9.18 Å². The molecule has 100 valence electrons. The highest BCUT2D eigenvalue weighted by molar-refractivity contribution is 5.87. The minimum atomic E-state index is -0.880. The van der Waals surface area contributed by atoms with Crippen LogP contribution in [0.3, 0.4) is 0 Å². The molecule has 0 radical (unpaired) electrons. The molecule has 1 rings (SSSR count). The first-order valence-electron chi connectivity index (χ1n) is 6.15. The predicted octanol–water partition coefficient (Wildman–Crippen LogP) is 2.84. The molecule has 2 unspecified atom stereocenters. The van der Waals surface area contributed by atoms with E-state index in [0.29, 0.717) is 5.69 Å². The first-order valence-corrected chi connectivity index (χ1v) is 6.15. The Morgan fingerprint density at radius 2 is 2.11 bits per heavy atom. The van der Waals surface area contributed by atoms with E-state index >= 15 is 0 Å². The Bertz CT molecular complexity index is 427. The molecule has 0 aliphatic carbocycles. The number of hydrogen-bond acceptors (Lipinski definition) is 2. The second-order valence-electron chi connectivity index (χ2n) is 5.02. The first kappa shape index (κ1) is 14.5. The van der Waals surface area contributed by atoms with E-state index in [1.807, 2.05) is 13.8 Å². The van der Waals surface area contributed by atoms with Crippen LogP contribution >= 0.6 is 0 Å². The maximum atomic E-state index is 13.3. The molecule has 4 heteroatoms. The number of benzene rings is 1. The fourth-order valence-corrected chi connectivity index (χ4v) is 1.94. The normalized spacial score (nSPS) is 15.8. The van der Waals surface area contributed by atoms with Crippen molar-refractivity contribution in [1.29, 1.82) is 0 Å². The molecule has 1 amide bonds. The number of anilines is 1. The van der Waals surface area contributed by atoms with Crippen molar-refractivity contribution in [2.24, 2.45) is 11.7 Å². The third-order valence-electron chi connectivity index (χ3n) is 3.56. The van der Waals surface area contributed by atoms with E-state index < -0.39 is 11.4 Å². The zero-order chi connectivity index (χ0) is 13.9. The molecular weight excluding hydrogens is 231 g/mol. The Hall–Kier alpha value is -1.58. The van der Waals surface area contributed by atoms with E-state index in [2.05, 4.69) is 5.32 Å². The van der Waals surface area contributed by atoms with Crippen molar-refractivity contribution in [1.82, 2.24) is 0 Å². The number of rotatable bonds is 5. The quantitative estimate of drug-likeness (QED) is 0.846. The van der Waals surface area contributed by atoms with Crippen molar-refractivity contribution in [3.05, 3.63) is 29.6 Å². The van der Waals surface area contributed by atoms with Gasteiger partial charge in [-0.25, -0.2) is 4.39 Å². The van der Waals surface area contributed by atoms with Gasteiger partial charge in [0.15, 0.2) is 0 Å². The predicted molar refractivity (Wildman–Crippen MR) is 71.8 cm³/mol. The number of nitrogens with one attached hydrogen (secondary N) is 1. The topological polar surface area (TPSA) is 55.1 Å². The summed E-state index contributed by atoms with van der Waals surface area (Å²) in [5.74, 6) is -0.703. The highest BCUT2D eigenvalue weighted by Gasteiger charge is 2.36. The molecule has 18 heavy (non-hydrogen) atoms. The van der Waals surface area contributed by atoms with Crippen LogP contribution in [-0.4, -0.2) is 11.4 Å². The minimum Gasteiger partial charge on any atom is -0.371 e. The molecule has 1 aromatic carbocycles. The van der Waals surface area contributed by atoms with E-state index in [-0.39, 0.29) is 11.7 Å². The number of amides is 1. The summed E-state index contributed by atoms with van der Waals surface area (Å²) in [4.78, 5) is 11.7. The highest BCUT2D eigenvalue weighted by atomic mass is 19.1. The van der Waals surface area contributed by atoms with Gasteiger partial charge in [0, 0.05) is 5.69 Å². The molecule has 2 atom stereocenters. The lowest BCUT2D eigenvalue weighted by Crippen LogP contribution is -2.52. The van der Waals surface area contributed by atoms with Crippen LogP contribution in [0.2, 0.25) is 0 Å². The van der Waals surface area contributed by atoms with Gasteiger partial charge in [-0.15, -0.1) is 0 Å². The van der Waals surface area contributed by atoms with Gasteiger partial charge in [0.2, 0.25) is 5.91 Å². The van der Waals surface area contributed by atoms with E-state index in [1.54, 1.807) is 19.9 Å². The van der Waals surface area contributed by atoms with Crippen LogP contribution in [0.1, 0.15) is 32.8 Å². The summed E-state index contributed by atoms with van der Waals surface area (Å²) in [6.45, 7) is 7.50. The minimum absolute atomic E-state index is 0.0542. The van der Waals surface area contributed by atoms with Crippen molar-refractivity contribution in [3.63, 3.8) is 0 Å². The maximum absolute atomic E-state index is 13.3. The Morgan fingerprint density at radius 3 is 2.56 bits per heavy atom. The van der Waals surface area contributed by atoms with Crippen LogP contribution in [0, 0.1) is 18.7 Å². The summed E-state index contributed by atoms with van der Waals surface area (Å²) < 4.78 is 13.3. The van der Waals surface area contributed by atoms with E-state index in [9.17, 15) is 9.18 Å². The number of hydrogen-bond donors (Lipinski definition) is 2. The van der Waals surface area contributed by atoms with Gasteiger partial charge in [0.25, 0.3) is 0 Å². The number of nitrogens with two attached hydrogens (primary N) is 1. The van der Waals surface area contributed by atoms with Crippen LogP contribution < -0.4 is 11.1 Å². The van der Waals surface area contributed by atoms with E-state index in [1.165, 1.54) is 12.1 Å². The Morgan fingerprint density at radius 1 is 1.50 bits per heavy atom. The molecule has 0 heterocycles. The summed E-state index contributed by atoms with van der Waals surface area (Å²) in [6.07, 6.45) is 0.806. The van der Waals surface area contributed by atoms with Gasteiger partial charge in [-0.05, 0) is 43.5 Å². The molecule has 0 bridgehead atoms. The highest BCUT2D eigenvalue weighted by Crippen LogP contribution is 2.26. The third-order valence-corrected chi connectivity index (χ3v) is 3.56. The summed E-state index contributed by atoms with van der Waals surface area (Å²) in [6, 6.07) is 4.61. The van der Waals surface area contributed by atoms with Gasteiger partial charge in [-0.1, -0.05) is 20.3 Å². The van der Waals surface area contributed by atoms with Crippen molar-refractivity contribution in [2.75, 3.05) is 5.32 Å².